The molecule has 3 aromatic rings. The number of thiazole rings is 1. The predicted octanol–water partition coefficient (Wildman–Crippen LogP) is 5.32. The van der Waals surface area contributed by atoms with E-state index in [1.54, 1.807) is 11.3 Å². The number of hydrogen-bond acceptors (Lipinski definition) is 4. The van der Waals surface area contributed by atoms with E-state index in [4.69, 9.17) is 11.6 Å². The van der Waals surface area contributed by atoms with Crippen LogP contribution in [-0.2, 0) is 0 Å². The second-order valence-electron chi connectivity index (χ2n) is 5.21. The number of nitrogens with one attached hydrogen (secondary N) is 1. The lowest BCUT2D eigenvalue weighted by atomic mass is 10.1. The van der Waals surface area contributed by atoms with Gasteiger partial charge in [0.05, 0.1) is 10.4 Å². The van der Waals surface area contributed by atoms with Gasteiger partial charge in [0.15, 0.2) is 0 Å². The highest BCUT2D eigenvalue weighted by Crippen LogP contribution is 2.27. The average molecular weight is 363 g/mol. The van der Waals surface area contributed by atoms with Crippen LogP contribution in [0.15, 0.2) is 41.8 Å². The summed E-state index contributed by atoms with van der Waals surface area (Å²) in [5.41, 5.74) is 2.67. The summed E-state index contributed by atoms with van der Waals surface area (Å²) in [6, 6.07) is 11.2. The smallest absolute Gasteiger partial charge is 0.251 e. The summed E-state index contributed by atoms with van der Waals surface area (Å²) in [6.45, 7) is 3.92. The molecule has 0 aliphatic heterocycles. The van der Waals surface area contributed by atoms with E-state index in [9.17, 15) is 4.79 Å². The molecule has 1 atom stereocenters. The molecule has 1 amide bonds. The van der Waals surface area contributed by atoms with Gasteiger partial charge < -0.3 is 5.32 Å². The number of carbonyl (C=O) groups is 1. The van der Waals surface area contributed by atoms with Gasteiger partial charge in [0.2, 0.25) is 0 Å². The molecule has 2 aromatic heterocycles. The molecule has 0 spiro atoms. The van der Waals surface area contributed by atoms with Crippen molar-refractivity contribution in [2.75, 3.05) is 0 Å². The number of hydrogen-bond donors (Lipinski definition) is 1. The summed E-state index contributed by atoms with van der Waals surface area (Å²) in [7, 11) is 0. The normalized spacial score (nSPS) is 12.1. The van der Waals surface area contributed by atoms with Crippen molar-refractivity contribution in [1.82, 2.24) is 10.3 Å². The van der Waals surface area contributed by atoms with E-state index in [0.717, 1.165) is 25.5 Å². The number of thiophene rings is 1. The van der Waals surface area contributed by atoms with Gasteiger partial charge in [-0.3, -0.25) is 4.79 Å². The average Bonchev–Trinajstić information content (AvgIpc) is 3.16. The zero-order valence-electron chi connectivity index (χ0n) is 12.7. The number of nitrogens with zero attached hydrogens (tertiary/aromatic N) is 1. The van der Waals surface area contributed by atoms with Gasteiger partial charge in [-0.15, -0.1) is 22.7 Å². The van der Waals surface area contributed by atoms with Gasteiger partial charge >= 0.3 is 0 Å². The van der Waals surface area contributed by atoms with Gasteiger partial charge in [-0.2, -0.15) is 0 Å². The van der Waals surface area contributed by atoms with Gasteiger partial charge in [-0.05, 0) is 38.1 Å². The highest BCUT2D eigenvalue weighted by atomic mass is 35.5. The Morgan fingerprint density at radius 2 is 1.96 bits per heavy atom. The van der Waals surface area contributed by atoms with Gasteiger partial charge in [0.1, 0.15) is 5.01 Å². The second kappa shape index (κ2) is 6.83. The molecule has 6 heteroatoms. The number of aryl methyl sites for hydroxylation is 1. The van der Waals surface area contributed by atoms with Gasteiger partial charge in [0.25, 0.3) is 5.91 Å². The number of carbonyl (C=O) groups excluding carboxylic acids is 1. The second-order valence-corrected chi connectivity index (χ2v) is 7.81. The standard InChI is InChI=1S/C17H15ClN2OS2/c1-10-9-22-17(19-10)13-5-3-12(4-6-13)16(21)20-11(2)14-7-8-15(18)23-14/h3-9,11H,1-2H3,(H,20,21). The molecule has 2 heterocycles. The van der Waals surface area contributed by atoms with Crippen LogP contribution < -0.4 is 5.32 Å². The fraction of sp³-hybridized carbons (Fsp3) is 0.176. The molecular weight excluding hydrogens is 348 g/mol. The maximum Gasteiger partial charge on any atom is 0.251 e. The Balaban J connectivity index is 1.70. The van der Waals surface area contributed by atoms with Crippen molar-refractivity contribution in [3.63, 3.8) is 0 Å². The Labute approximate surface area is 148 Å². The van der Waals surface area contributed by atoms with Crippen LogP contribution >= 0.6 is 34.3 Å². The van der Waals surface area contributed by atoms with E-state index >= 15 is 0 Å². The largest absolute Gasteiger partial charge is 0.345 e. The third-order valence-corrected chi connectivity index (χ3v) is 5.80. The third-order valence-electron chi connectivity index (χ3n) is 3.38. The monoisotopic (exact) mass is 362 g/mol. The molecule has 0 fully saturated rings. The van der Waals surface area contributed by atoms with E-state index in [-0.39, 0.29) is 11.9 Å². The summed E-state index contributed by atoms with van der Waals surface area (Å²) in [5.74, 6) is -0.0936. The van der Waals surface area contributed by atoms with Crippen molar-refractivity contribution >= 4 is 40.2 Å². The SMILES string of the molecule is Cc1csc(-c2ccc(C(=O)NC(C)c3ccc(Cl)s3)cc2)n1. The molecule has 3 nitrogen and oxygen atoms in total. The zero-order chi connectivity index (χ0) is 16.4. The maximum atomic E-state index is 12.3. The van der Waals surface area contributed by atoms with Crippen molar-refractivity contribution in [3.05, 3.63) is 62.2 Å². The first-order valence-electron chi connectivity index (χ1n) is 7.11. The molecule has 0 aliphatic carbocycles. The first-order chi connectivity index (χ1) is 11.0. The number of benzene rings is 1. The first kappa shape index (κ1) is 16.2. The third kappa shape index (κ3) is 3.80. The lowest BCUT2D eigenvalue weighted by molar-refractivity contribution is 0.0940. The van der Waals surface area contributed by atoms with Gasteiger partial charge in [-0.1, -0.05) is 23.7 Å². The molecule has 23 heavy (non-hydrogen) atoms. The molecule has 0 bridgehead atoms. The number of halogens is 1. The zero-order valence-corrected chi connectivity index (χ0v) is 15.1. The van der Waals surface area contributed by atoms with Crippen molar-refractivity contribution < 1.29 is 4.79 Å². The Morgan fingerprint density at radius 1 is 1.22 bits per heavy atom. The van der Waals surface area contributed by atoms with Crippen molar-refractivity contribution in [2.45, 2.75) is 19.9 Å². The number of amides is 1. The van der Waals surface area contributed by atoms with Crippen LogP contribution in [0.2, 0.25) is 4.34 Å². The van der Waals surface area contributed by atoms with Crippen molar-refractivity contribution in [1.29, 1.82) is 0 Å². The minimum atomic E-state index is -0.0936. The van der Waals surface area contributed by atoms with E-state index in [0.29, 0.717) is 5.56 Å². The van der Waals surface area contributed by atoms with Crippen LogP contribution in [0.3, 0.4) is 0 Å². The summed E-state index contributed by atoms with van der Waals surface area (Å²) >= 11 is 9.02. The van der Waals surface area contributed by atoms with Crippen LogP contribution in [0.5, 0.6) is 0 Å². The molecule has 1 N–H and O–H groups in total. The Morgan fingerprint density at radius 3 is 2.52 bits per heavy atom. The molecule has 0 saturated heterocycles. The molecule has 0 aliphatic rings. The molecule has 118 valence electrons. The van der Waals surface area contributed by atoms with Crippen LogP contribution in [0.4, 0.5) is 0 Å². The highest BCUT2D eigenvalue weighted by Gasteiger charge is 2.13. The van der Waals surface area contributed by atoms with Crippen LogP contribution in [0.1, 0.15) is 33.9 Å². The van der Waals surface area contributed by atoms with E-state index in [1.165, 1.54) is 11.3 Å². The molecule has 0 radical (unpaired) electrons. The topological polar surface area (TPSA) is 42.0 Å². The minimum Gasteiger partial charge on any atom is -0.345 e. The number of aromatic nitrogens is 1. The van der Waals surface area contributed by atoms with E-state index in [2.05, 4.69) is 10.3 Å². The molecule has 1 unspecified atom stereocenters. The molecule has 0 saturated carbocycles. The molecule has 1 aromatic carbocycles. The lowest BCUT2D eigenvalue weighted by Gasteiger charge is -2.12. The van der Waals surface area contributed by atoms with Crippen LogP contribution in [0.25, 0.3) is 10.6 Å². The lowest BCUT2D eigenvalue weighted by Crippen LogP contribution is -2.25. The van der Waals surface area contributed by atoms with Crippen molar-refractivity contribution in [2.24, 2.45) is 0 Å². The Bertz CT molecular complexity index is 823. The molecule has 3 rings (SSSR count). The summed E-state index contributed by atoms with van der Waals surface area (Å²) in [4.78, 5) is 17.8. The highest BCUT2D eigenvalue weighted by molar-refractivity contribution is 7.16. The maximum absolute atomic E-state index is 12.3. The quantitative estimate of drug-likeness (QED) is 0.682. The van der Waals surface area contributed by atoms with Crippen LogP contribution in [0, 0.1) is 6.92 Å². The Hall–Kier alpha value is -1.69. The number of rotatable bonds is 4. The fourth-order valence-electron chi connectivity index (χ4n) is 2.16. The van der Waals surface area contributed by atoms with Crippen LogP contribution in [-0.4, -0.2) is 10.9 Å². The fourth-order valence-corrected chi connectivity index (χ4v) is 4.03. The van der Waals surface area contributed by atoms with E-state index < -0.39 is 0 Å². The van der Waals surface area contributed by atoms with Crippen molar-refractivity contribution in [3.8, 4) is 10.6 Å². The minimum absolute atomic E-state index is 0.0683. The van der Waals surface area contributed by atoms with Gasteiger partial charge in [0, 0.05) is 27.1 Å². The molecular formula is C17H15ClN2OS2. The van der Waals surface area contributed by atoms with Gasteiger partial charge in [-0.25, -0.2) is 4.98 Å². The first-order valence-corrected chi connectivity index (χ1v) is 9.19. The predicted molar refractivity (Wildman–Crippen MR) is 97.5 cm³/mol. The summed E-state index contributed by atoms with van der Waals surface area (Å²) in [5, 5.41) is 5.98. The summed E-state index contributed by atoms with van der Waals surface area (Å²) < 4.78 is 0.726. The summed E-state index contributed by atoms with van der Waals surface area (Å²) in [6.07, 6.45) is 0. The Kier molecular flexibility index (Phi) is 4.80. The van der Waals surface area contributed by atoms with E-state index in [1.807, 2.05) is 55.6 Å².